The van der Waals surface area contributed by atoms with E-state index in [-0.39, 0.29) is 17.2 Å². The molecule has 0 aliphatic heterocycles. The van der Waals surface area contributed by atoms with Gasteiger partial charge in [-0.3, -0.25) is 4.79 Å². The number of carbonyl (C=O) groups is 2. The summed E-state index contributed by atoms with van der Waals surface area (Å²) in [7, 11) is 0. The van der Waals surface area contributed by atoms with Gasteiger partial charge in [-0.1, -0.05) is 36.4 Å². The van der Waals surface area contributed by atoms with Gasteiger partial charge in [0.15, 0.2) is 0 Å². The van der Waals surface area contributed by atoms with E-state index in [4.69, 9.17) is 0 Å². The summed E-state index contributed by atoms with van der Waals surface area (Å²) in [4.78, 5) is 23.7. The maximum atomic E-state index is 12.3. The van der Waals surface area contributed by atoms with Crippen molar-refractivity contribution in [1.29, 1.82) is 0 Å². The Hall–Kier alpha value is -2.67. The van der Waals surface area contributed by atoms with Gasteiger partial charge in [-0.25, -0.2) is 4.79 Å². The molecule has 0 saturated carbocycles. The molecule has 0 bridgehead atoms. The summed E-state index contributed by atoms with van der Waals surface area (Å²) < 4.78 is 0.792. The van der Waals surface area contributed by atoms with Gasteiger partial charge in [-0.15, -0.1) is 0 Å². The summed E-state index contributed by atoms with van der Waals surface area (Å²) in [5.41, 5.74) is 2.10. The molecule has 0 aliphatic carbocycles. The fourth-order valence-corrected chi connectivity index (χ4v) is 3.18. The van der Waals surface area contributed by atoms with E-state index in [2.05, 4.69) is 5.32 Å². The van der Waals surface area contributed by atoms with E-state index in [9.17, 15) is 14.7 Å². The van der Waals surface area contributed by atoms with Crippen molar-refractivity contribution in [2.75, 3.05) is 5.32 Å². The highest BCUT2D eigenvalue weighted by Crippen LogP contribution is 2.22. The van der Waals surface area contributed by atoms with Crippen LogP contribution in [0.1, 0.15) is 22.8 Å². The smallest absolute Gasteiger partial charge is 0.337 e. The molecule has 0 aromatic heterocycles. The summed E-state index contributed by atoms with van der Waals surface area (Å²) in [6, 6.07) is 18.9. The van der Waals surface area contributed by atoms with Crippen molar-refractivity contribution in [3.8, 4) is 0 Å². The second-order valence-electron chi connectivity index (χ2n) is 5.87. The SMILES string of the molecule is C/C(=C\C(=O)Nc1ccc([123I])cc1C(=O)O)c1ccc2ccccc2c1. The number of aromatic carboxylic acids is 1. The number of hydrogen-bond donors (Lipinski definition) is 2. The normalized spacial score (nSPS) is 11.4. The number of nitrogens with one attached hydrogen (secondary N) is 1. The highest BCUT2D eigenvalue weighted by Gasteiger charge is 2.12. The number of hydrogen-bond acceptors (Lipinski definition) is 2. The molecule has 0 saturated heterocycles. The van der Waals surface area contributed by atoms with Crippen molar-refractivity contribution in [2.45, 2.75) is 6.92 Å². The fraction of sp³-hybridized carbons (Fsp3) is 0.0476. The summed E-state index contributed by atoms with van der Waals surface area (Å²) in [5, 5.41) is 14.2. The highest BCUT2D eigenvalue weighted by atomic mass is 123. The van der Waals surface area contributed by atoms with E-state index < -0.39 is 5.97 Å². The zero-order valence-electron chi connectivity index (χ0n) is 14.0. The third-order valence-corrected chi connectivity index (χ3v) is 4.69. The number of halogens is 1. The second kappa shape index (κ2) is 7.70. The largest absolute Gasteiger partial charge is 0.478 e. The third kappa shape index (κ3) is 4.11. The number of carboxylic acids is 1. The van der Waals surface area contributed by atoms with E-state index >= 15 is 0 Å². The second-order valence-corrected chi connectivity index (χ2v) is 7.12. The van der Waals surface area contributed by atoms with E-state index in [0.717, 1.165) is 25.5 Å². The van der Waals surface area contributed by atoms with Crippen LogP contribution in [0.25, 0.3) is 16.3 Å². The third-order valence-electron chi connectivity index (χ3n) is 4.02. The molecule has 1 amide bonds. The minimum Gasteiger partial charge on any atom is -0.478 e. The zero-order valence-corrected chi connectivity index (χ0v) is 16.2. The Labute approximate surface area is 164 Å². The number of anilines is 1. The molecule has 0 unspecified atom stereocenters. The summed E-state index contributed by atoms with van der Waals surface area (Å²) in [6.07, 6.45) is 1.48. The average Bonchev–Trinajstić information content (AvgIpc) is 2.62. The number of amides is 1. The molecular formula is C21H16INO3. The molecule has 3 aromatic carbocycles. The number of allylic oxidation sites excluding steroid dienone is 1. The standard InChI is InChI=1S/C21H16INO3/c1-13(15-7-6-14-4-2-3-5-16(14)11-15)10-20(24)23-19-9-8-17(22)12-18(19)21(25)26/h2-12H,1H3,(H,23,24)(H,25,26)/b13-10+/i22-4. The van der Waals surface area contributed by atoms with Gasteiger partial charge >= 0.3 is 5.97 Å². The van der Waals surface area contributed by atoms with Crippen LogP contribution in [0.2, 0.25) is 0 Å². The maximum absolute atomic E-state index is 12.3. The van der Waals surface area contributed by atoms with Crippen molar-refractivity contribution in [1.82, 2.24) is 0 Å². The first kappa shape index (κ1) is 18.1. The molecule has 0 aliphatic rings. The molecule has 4 nitrogen and oxygen atoms in total. The molecule has 2 N–H and O–H groups in total. The van der Waals surface area contributed by atoms with E-state index in [1.54, 1.807) is 12.1 Å². The van der Waals surface area contributed by atoms with Crippen LogP contribution in [0.15, 0.2) is 66.7 Å². The quantitative estimate of drug-likeness (QED) is 0.423. The van der Waals surface area contributed by atoms with Crippen LogP contribution in [-0.4, -0.2) is 17.0 Å². The van der Waals surface area contributed by atoms with Crippen LogP contribution in [0.3, 0.4) is 0 Å². The molecule has 0 atom stereocenters. The van der Waals surface area contributed by atoms with Crippen molar-refractivity contribution < 1.29 is 14.7 Å². The molecule has 3 aromatic rings. The van der Waals surface area contributed by atoms with Gasteiger partial charge in [0.2, 0.25) is 5.91 Å². The monoisotopic (exact) mass is 453 g/mol. The van der Waals surface area contributed by atoms with Gasteiger partial charge in [-0.05, 0) is 75.7 Å². The molecule has 3 rings (SSSR count). The van der Waals surface area contributed by atoms with E-state index in [1.807, 2.05) is 72.0 Å². The minimum absolute atomic E-state index is 0.0713. The molecule has 26 heavy (non-hydrogen) atoms. The minimum atomic E-state index is -1.07. The van der Waals surface area contributed by atoms with Crippen LogP contribution in [-0.2, 0) is 4.79 Å². The Morgan fingerprint density at radius 2 is 1.73 bits per heavy atom. The first-order valence-electron chi connectivity index (χ1n) is 7.95. The van der Waals surface area contributed by atoms with Crippen LogP contribution in [0.4, 0.5) is 5.69 Å². The zero-order chi connectivity index (χ0) is 18.7. The van der Waals surface area contributed by atoms with Gasteiger partial charge in [0.1, 0.15) is 0 Å². The molecule has 130 valence electrons. The Kier molecular flexibility index (Phi) is 5.37. The van der Waals surface area contributed by atoms with E-state index in [1.165, 1.54) is 12.1 Å². The lowest BCUT2D eigenvalue weighted by molar-refractivity contribution is -0.111. The van der Waals surface area contributed by atoms with Gasteiger partial charge in [0, 0.05) is 9.65 Å². The first-order chi connectivity index (χ1) is 12.4. The van der Waals surface area contributed by atoms with Crippen molar-refractivity contribution in [2.24, 2.45) is 0 Å². The number of carbonyl (C=O) groups excluding carboxylic acids is 1. The molecule has 0 radical (unpaired) electrons. The Morgan fingerprint density at radius 1 is 1.00 bits per heavy atom. The lowest BCUT2D eigenvalue weighted by atomic mass is 10.0. The fourth-order valence-electron chi connectivity index (χ4n) is 2.69. The topological polar surface area (TPSA) is 66.4 Å². The summed E-state index contributed by atoms with van der Waals surface area (Å²) in [6.45, 7) is 1.86. The first-order valence-corrected chi connectivity index (χ1v) is 9.03. The van der Waals surface area contributed by atoms with E-state index in [0.29, 0.717) is 0 Å². The highest BCUT2D eigenvalue weighted by molar-refractivity contribution is 14.1. The Bertz CT molecular complexity index is 1040. The number of carboxylic acid groups (broad SMARTS) is 1. The Morgan fingerprint density at radius 3 is 2.46 bits per heavy atom. The van der Waals surface area contributed by atoms with Crippen molar-refractivity contribution in [3.63, 3.8) is 0 Å². The molecular weight excluding hydrogens is 437 g/mol. The van der Waals surface area contributed by atoms with Gasteiger partial charge in [0.25, 0.3) is 0 Å². The predicted octanol–water partition coefficient (Wildman–Crippen LogP) is 5.18. The summed E-state index contributed by atoms with van der Waals surface area (Å²) >= 11 is 2.04. The predicted molar refractivity (Wildman–Crippen MR) is 112 cm³/mol. The molecule has 0 spiro atoms. The summed E-state index contributed by atoms with van der Waals surface area (Å²) in [5.74, 6) is -1.44. The van der Waals surface area contributed by atoms with Gasteiger partial charge in [0.05, 0.1) is 11.3 Å². The maximum Gasteiger partial charge on any atom is 0.337 e. The number of rotatable bonds is 4. The van der Waals surface area contributed by atoms with Crippen molar-refractivity contribution >= 4 is 56.5 Å². The van der Waals surface area contributed by atoms with Crippen LogP contribution >= 0.6 is 22.6 Å². The average molecular weight is 453 g/mol. The lowest BCUT2D eigenvalue weighted by Crippen LogP contribution is -2.12. The molecule has 0 fully saturated rings. The van der Waals surface area contributed by atoms with Gasteiger partial charge in [-0.2, -0.15) is 0 Å². The van der Waals surface area contributed by atoms with Crippen molar-refractivity contribution in [3.05, 3.63) is 81.4 Å². The van der Waals surface area contributed by atoms with Crippen LogP contribution in [0.5, 0.6) is 0 Å². The molecule has 0 heterocycles. The number of benzene rings is 3. The molecule has 5 heteroatoms. The van der Waals surface area contributed by atoms with Gasteiger partial charge < -0.3 is 10.4 Å². The van der Waals surface area contributed by atoms with Crippen LogP contribution in [0, 0.1) is 3.57 Å². The van der Waals surface area contributed by atoms with Crippen LogP contribution < -0.4 is 5.32 Å². The lowest BCUT2D eigenvalue weighted by Gasteiger charge is -2.08. The Balaban J connectivity index is 1.85. The number of fused-ring (bicyclic) bond motifs is 1.